The summed E-state index contributed by atoms with van der Waals surface area (Å²) in [6, 6.07) is 1.65. The van der Waals surface area contributed by atoms with E-state index >= 15 is 0 Å². The number of aryl methyl sites for hydroxylation is 1. The maximum atomic E-state index is 10.5. The summed E-state index contributed by atoms with van der Waals surface area (Å²) in [5.41, 5.74) is 17.8. The van der Waals surface area contributed by atoms with E-state index in [1.807, 2.05) is 0 Å². The van der Waals surface area contributed by atoms with Crippen molar-refractivity contribution in [1.82, 2.24) is 4.98 Å². The average molecular weight is 192 g/mol. The molecule has 0 spiro atoms. The molecular weight excluding hydrogens is 180 g/mol. The van der Waals surface area contributed by atoms with Gasteiger partial charge in [-0.25, -0.2) is 4.98 Å². The second-order valence-electron chi connectivity index (χ2n) is 2.87. The molecule has 0 bridgehead atoms. The summed E-state index contributed by atoms with van der Waals surface area (Å²) in [7, 11) is 0. The van der Waals surface area contributed by atoms with E-state index < -0.39 is 5.91 Å². The largest absolute Gasteiger partial charge is 0.396 e. The Hall–Kier alpha value is -2.04. The van der Waals surface area contributed by atoms with Crippen molar-refractivity contribution in [3.05, 3.63) is 23.4 Å². The van der Waals surface area contributed by atoms with Gasteiger partial charge in [-0.2, -0.15) is 0 Å². The number of nitrogens with zero attached hydrogens (tertiary/aromatic N) is 1. The van der Waals surface area contributed by atoms with E-state index in [0.29, 0.717) is 17.2 Å². The van der Waals surface area contributed by atoms with Gasteiger partial charge in [-0.05, 0) is 24.6 Å². The van der Waals surface area contributed by atoms with Crippen LogP contribution >= 0.6 is 0 Å². The van der Waals surface area contributed by atoms with E-state index in [-0.39, 0.29) is 0 Å². The Morgan fingerprint density at radius 3 is 2.71 bits per heavy atom. The molecule has 0 saturated carbocycles. The molecule has 0 aromatic carbocycles. The zero-order valence-corrected chi connectivity index (χ0v) is 7.82. The first-order chi connectivity index (χ1) is 6.50. The van der Waals surface area contributed by atoms with Gasteiger partial charge in [-0.3, -0.25) is 4.79 Å². The van der Waals surface area contributed by atoms with Crippen LogP contribution in [0.3, 0.4) is 0 Å². The number of hydrogen-bond acceptors (Lipinski definition) is 4. The Morgan fingerprint density at radius 2 is 2.14 bits per heavy atom. The highest BCUT2D eigenvalue weighted by atomic mass is 16.1. The molecule has 0 aliphatic carbocycles. The summed E-state index contributed by atoms with van der Waals surface area (Å²) < 4.78 is 0. The van der Waals surface area contributed by atoms with Crippen LogP contribution in [-0.4, -0.2) is 10.9 Å². The molecule has 0 saturated heterocycles. The number of amides is 1. The first kappa shape index (κ1) is 10.0. The second-order valence-corrected chi connectivity index (χ2v) is 2.87. The number of rotatable bonds is 2. The highest BCUT2D eigenvalue weighted by molar-refractivity contribution is 5.90. The van der Waals surface area contributed by atoms with Crippen molar-refractivity contribution in [3.8, 4) is 0 Å². The van der Waals surface area contributed by atoms with Gasteiger partial charge in [0.05, 0.1) is 5.69 Å². The lowest BCUT2D eigenvalue weighted by molar-refractivity contribution is -0.113. The maximum Gasteiger partial charge on any atom is 0.241 e. The van der Waals surface area contributed by atoms with Gasteiger partial charge in [-0.15, -0.1) is 0 Å². The number of carbonyl (C=O) groups is 1. The van der Waals surface area contributed by atoms with E-state index in [2.05, 4.69) is 4.98 Å². The van der Waals surface area contributed by atoms with Crippen LogP contribution in [0.4, 0.5) is 11.5 Å². The fourth-order valence-electron chi connectivity index (χ4n) is 0.996. The lowest BCUT2D eigenvalue weighted by Gasteiger charge is -2.03. The predicted octanol–water partition coefficient (Wildman–Crippen LogP) is 0.0529. The third kappa shape index (κ3) is 2.22. The number of primary amides is 1. The van der Waals surface area contributed by atoms with Gasteiger partial charge >= 0.3 is 0 Å². The van der Waals surface area contributed by atoms with Crippen LogP contribution in [0.2, 0.25) is 0 Å². The van der Waals surface area contributed by atoms with Crippen LogP contribution in [-0.2, 0) is 4.79 Å². The molecule has 74 valence electrons. The van der Waals surface area contributed by atoms with Crippen molar-refractivity contribution in [2.45, 2.75) is 6.92 Å². The van der Waals surface area contributed by atoms with Crippen LogP contribution in [0.25, 0.3) is 6.08 Å². The normalized spacial score (nSPS) is 10.6. The molecule has 5 nitrogen and oxygen atoms in total. The number of hydrogen-bond donors (Lipinski definition) is 3. The smallest absolute Gasteiger partial charge is 0.241 e. The summed E-state index contributed by atoms with van der Waals surface area (Å²) in [6.07, 6.45) is 2.81. The summed E-state index contributed by atoms with van der Waals surface area (Å²) >= 11 is 0. The van der Waals surface area contributed by atoms with Crippen LogP contribution < -0.4 is 17.2 Å². The molecule has 0 atom stereocenters. The molecule has 0 aliphatic heterocycles. The molecule has 5 heteroatoms. The van der Waals surface area contributed by atoms with Gasteiger partial charge in [-0.1, -0.05) is 0 Å². The standard InChI is InChI=1S/C9H12N4O/c1-5-6(2-3-8(11)14)4-7(10)9(12)13-5/h2-4H,10H2,1H3,(H2,11,14)(H2,12,13). The van der Waals surface area contributed by atoms with Crippen molar-refractivity contribution < 1.29 is 4.79 Å². The molecule has 0 aliphatic rings. The summed E-state index contributed by atoms with van der Waals surface area (Å²) in [4.78, 5) is 14.5. The lowest BCUT2D eigenvalue weighted by atomic mass is 10.1. The third-order valence-corrected chi connectivity index (χ3v) is 1.74. The number of aromatic nitrogens is 1. The van der Waals surface area contributed by atoms with Gasteiger partial charge in [0, 0.05) is 11.8 Å². The SMILES string of the molecule is Cc1nc(N)c(N)cc1C=CC(N)=O. The van der Waals surface area contributed by atoms with Crippen LogP contribution in [0.1, 0.15) is 11.3 Å². The van der Waals surface area contributed by atoms with Gasteiger partial charge in [0.2, 0.25) is 5.91 Å². The molecule has 1 amide bonds. The van der Waals surface area contributed by atoms with Crippen molar-refractivity contribution in [1.29, 1.82) is 0 Å². The van der Waals surface area contributed by atoms with Crippen LogP contribution in [0.15, 0.2) is 12.1 Å². The first-order valence-electron chi connectivity index (χ1n) is 4.01. The molecule has 1 rings (SSSR count). The number of carbonyl (C=O) groups excluding carboxylic acids is 1. The van der Waals surface area contributed by atoms with E-state index in [0.717, 1.165) is 5.56 Å². The minimum absolute atomic E-state index is 0.290. The molecule has 0 fully saturated rings. The fourth-order valence-corrected chi connectivity index (χ4v) is 0.996. The van der Waals surface area contributed by atoms with Gasteiger partial charge in [0.15, 0.2) is 0 Å². The molecule has 1 heterocycles. The van der Waals surface area contributed by atoms with Crippen molar-refractivity contribution in [2.24, 2.45) is 5.73 Å². The predicted molar refractivity (Wildman–Crippen MR) is 56.0 cm³/mol. The summed E-state index contributed by atoms with van der Waals surface area (Å²) in [5, 5.41) is 0. The molecule has 1 aromatic heterocycles. The van der Waals surface area contributed by atoms with Gasteiger partial charge < -0.3 is 17.2 Å². The summed E-state index contributed by atoms with van der Waals surface area (Å²) in [6.45, 7) is 1.77. The van der Waals surface area contributed by atoms with E-state index in [1.165, 1.54) is 6.08 Å². The first-order valence-corrected chi connectivity index (χ1v) is 4.01. The molecule has 0 radical (unpaired) electrons. The maximum absolute atomic E-state index is 10.5. The number of pyridine rings is 1. The molecular formula is C9H12N4O. The minimum Gasteiger partial charge on any atom is -0.396 e. The zero-order valence-electron chi connectivity index (χ0n) is 7.82. The van der Waals surface area contributed by atoms with Crippen LogP contribution in [0, 0.1) is 6.92 Å². The Kier molecular flexibility index (Phi) is 2.71. The van der Waals surface area contributed by atoms with E-state index in [4.69, 9.17) is 17.2 Å². The van der Waals surface area contributed by atoms with Crippen molar-refractivity contribution >= 4 is 23.5 Å². The lowest BCUT2D eigenvalue weighted by Crippen LogP contribution is -2.05. The van der Waals surface area contributed by atoms with Gasteiger partial charge in [0.25, 0.3) is 0 Å². The van der Waals surface area contributed by atoms with E-state index in [1.54, 1.807) is 19.1 Å². The Morgan fingerprint density at radius 1 is 1.50 bits per heavy atom. The Labute approximate surface area is 81.6 Å². The second kappa shape index (κ2) is 3.78. The molecule has 6 N–H and O–H groups in total. The summed E-state index contributed by atoms with van der Waals surface area (Å²) in [5.74, 6) is -0.224. The molecule has 0 unspecified atom stereocenters. The topological polar surface area (TPSA) is 108 Å². The Balaban J connectivity index is 3.10. The highest BCUT2D eigenvalue weighted by Gasteiger charge is 2.01. The molecule has 1 aromatic rings. The number of nitrogen functional groups attached to an aromatic ring is 2. The highest BCUT2D eigenvalue weighted by Crippen LogP contribution is 2.17. The number of nitrogens with two attached hydrogens (primary N) is 3. The van der Waals surface area contributed by atoms with Crippen LogP contribution in [0.5, 0.6) is 0 Å². The zero-order chi connectivity index (χ0) is 10.7. The van der Waals surface area contributed by atoms with Crippen molar-refractivity contribution in [3.63, 3.8) is 0 Å². The minimum atomic E-state index is -0.514. The molecule has 14 heavy (non-hydrogen) atoms. The monoisotopic (exact) mass is 192 g/mol. The Bertz CT molecular complexity index is 398. The number of anilines is 2. The van der Waals surface area contributed by atoms with Crippen molar-refractivity contribution in [2.75, 3.05) is 11.5 Å². The average Bonchev–Trinajstić information content (AvgIpc) is 2.09. The fraction of sp³-hybridized carbons (Fsp3) is 0.111. The van der Waals surface area contributed by atoms with Gasteiger partial charge in [0.1, 0.15) is 5.82 Å². The quantitative estimate of drug-likeness (QED) is 0.575. The van der Waals surface area contributed by atoms with E-state index in [9.17, 15) is 4.79 Å². The third-order valence-electron chi connectivity index (χ3n) is 1.74.